The minimum Gasteiger partial charge on any atom is -0.339 e. The third kappa shape index (κ3) is 5.04. The van der Waals surface area contributed by atoms with Gasteiger partial charge in [0.2, 0.25) is 5.91 Å². The fraction of sp³-hybridized carbons (Fsp3) is 0.750. The van der Waals surface area contributed by atoms with Crippen LogP contribution in [0.1, 0.15) is 54.1 Å². The van der Waals surface area contributed by atoms with Gasteiger partial charge in [0.15, 0.2) is 0 Å². The maximum atomic E-state index is 13.5. The molecule has 1 aromatic rings. The minimum absolute atomic E-state index is 0.168. The van der Waals surface area contributed by atoms with Gasteiger partial charge in [-0.1, -0.05) is 19.4 Å². The molecule has 5 rings (SSSR count). The van der Waals surface area contributed by atoms with Crippen LogP contribution >= 0.6 is 22.9 Å². The van der Waals surface area contributed by atoms with Crippen LogP contribution in [0.2, 0.25) is 0 Å². The van der Waals surface area contributed by atoms with Crippen LogP contribution in [0.3, 0.4) is 0 Å². The van der Waals surface area contributed by atoms with Crippen molar-refractivity contribution >= 4 is 28.8 Å². The number of thiazole rings is 1. The Bertz CT molecular complexity index is 939. The number of carbonyl (C=O) groups excluding carboxylic acids is 1. The molecule has 5 nitrogen and oxygen atoms in total. The predicted octanol–water partition coefficient (Wildman–Crippen LogP) is 4.42. The van der Waals surface area contributed by atoms with E-state index >= 15 is 0 Å². The van der Waals surface area contributed by atoms with E-state index in [2.05, 4.69) is 9.80 Å². The van der Waals surface area contributed by atoms with Crippen LogP contribution in [0.4, 0.5) is 13.2 Å². The van der Waals surface area contributed by atoms with Crippen molar-refractivity contribution in [3.8, 4) is 0 Å². The lowest BCUT2D eigenvalue weighted by Crippen LogP contribution is -2.55. The first-order valence-electron chi connectivity index (χ1n) is 12.3. The molecule has 3 atom stereocenters. The van der Waals surface area contributed by atoms with E-state index in [1.54, 1.807) is 6.92 Å². The highest BCUT2D eigenvalue weighted by Crippen LogP contribution is 2.45. The van der Waals surface area contributed by atoms with Gasteiger partial charge in [0.05, 0.1) is 12.2 Å². The zero-order chi connectivity index (χ0) is 24.0. The molecule has 3 unspecified atom stereocenters. The molecule has 188 valence electrons. The monoisotopic (exact) mass is 516 g/mol. The number of halogens is 4. The second-order valence-electron chi connectivity index (χ2n) is 10.2. The number of amides is 1. The van der Waals surface area contributed by atoms with Gasteiger partial charge in [-0.2, -0.15) is 13.2 Å². The highest BCUT2D eigenvalue weighted by molar-refractivity contribution is 7.11. The number of hydrogen-bond donors (Lipinski definition) is 0. The quantitative estimate of drug-likeness (QED) is 0.439. The van der Waals surface area contributed by atoms with E-state index in [0.29, 0.717) is 24.5 Å². The van der Waals surface area contributed by atoms with Crippen LogP contribution < -0.4 is 0 Å². The first-order valence-corrected chi connectivity index (χ1v) is 13.6. The maximum absolute atomic E-state index is 13.5. The Balaban J connectivity index is 1.20. The molecule has 2 fully saturated rings. The molecule has 0 radical (unpaired) electrons. The van der Waals surface area contributed by atoms with Crippen molar-refractivity contribution in [1.82, 2.24) is 19.7 Å². The van der Waals surface area contributed by atoms with Crippen molar-refractivity contribution in [1.29, 1.82) is 0 Å². The smallest absolute Gasteiger partial charge is 0.339 e. The SMILES string of the molecule is CC1CC(Cl)C(c2nc3c(s2)CN(CC(=O)N2CCN(C4CCC4)CC2)CC3)C=C1C(F)(F)F. The summed E-state index contributed by atoms with van der Waals surface area (Å²) in [7, 11) is 0. The van der Waals surface area contributed by atoms with E-state index in [1.165, 1.54) is 36.7 Å². The molecule has 1 saturated heterocycles. The number of hydrogen-bond acceptors (Lipinski definition) is 5. The summed E-state index contributed by atoms with van der Waals surface area (Å²) in [5.74, 6) is -0.959. The summed E-state index contributed by atoms with van der Waals surface area (Å²) in [5.41, 5.74) is 0.453. The van der Waals surface area contributed by atoms with Crippen LogP contribution in [0, 0.1) is 5.92 Å². The van der Waals surface area contributed by atoms with E-state index in [9.17, 15) is 18.0 Å². The second kappa shape index (κ2) is 9.71. The summed E-state index contributed by atoms with van der Waals surface area (Å²) in [5, 5.41) is 0.268. The van der Waals surface area contributed by atoms with Gasteiger partial charge in [0, 0.05) is 73.5 Å². The molecule has 1 saturated carbocycles. The van der Waals surface area contributed by atoms with Crippen molar-refractivity contribution < 1.29 is 18.0 Å². The number of alkyl halides is 4. The Hall–Kier alpha value is -1.16. The Morgan fingerprint density at radius 1 is 1.21 bits per heavy atom. The Kier molecular flexibility index (Phi) is 7.01. The first-order chi connectivity index (χ1) is 16.2. The molecule has 34 heavy (non-hydrogen) atoms. The fourth-order valence-corrected chi connectivity index (χ4v) is 7.42. The van der Waals surface area contributed by atoms with Crippen molar-refractivity contribution in [3.05, 3.63) is 27.2 Å². The third-order valence-electron chi connectivity index (χ3n) is 7.91. The zero-order valence-electron chi connectivity index (χ0n) is 19.5. The van der Waals surface area contributed by atoms with Crippen molar-refractivity contribution in [2.24, 2.45) is 5.92 Å². The van der Waals surface area contributed by atoms with E-state index in [0.717, 1.165) is 49.3 Å². The zero-order valence-corrected chi connectivity index (χ0v) is 21.1. The van der Waals surface area contributed by atoms with Crippen LogP contribution in [-0.4, -0.2) is 82.5 Å². The van der Waals surface area contributed by atoms with E-state index in [-0.39, 0.29) is 12.3 Å². The average Bonchev–Trinajstić information content (AvgIpc) is 3.15. The van der Waals surface area contributed by atoms with Crippen LogP contribution in [-0.2, 0) is 17.8 Å². The van der Waals surface area contributed by atoms with Gasteiger partial charge in [-0.3, -0.25) is 14.6 Å². The Morgan fingerprint density at radius 2 is 1.94 bits per heavy atom. The topological polar surface area (TPSA) is 39.7 Å². The summed E-state index contributed by atoms with van der Waals surface area (Å²) >= 11 is 7.97. The van der Waals surface area contributed by atoms with Gasteiger partial charge in [0.1, 0.15) is 5.01 Å². The molecule has 2 aliphatic carbocycles. The Labute approximate surface area is 207 Å². The lowest BCUT2D eigenvalue weighted by Gasteiger charge is -2.43. The lowest BCUT2D eigenvalue weighted by molar-refractivity contribution is -0.135. The lowest BCUT2D eigenvalue weighted by atomic mass is 9.83. The molecule has 0 N–H and O–H groups in total. The minimum atomic E-state index is -4.34. The predicted molar refractivity (Wildman–Crippen MR) is 127 cm³/mol. The molecular weight excluding hydrogens is 485 g/mol. The average molecular weight is 517 g/mol. The molecule has 0 aromatic carbocycles. The largest absolute Gasteiger partial charge is 0.412 e. The van der Waals surface area contributed by atoms with Gasteiger partial charge in [-0.15, -0.1) is 22.9 Å². The summed E-state index contributed by atoms with van der Waals surface area (Å²) < 4.78 is 40.4. The highest BCUT2D eigenvalue weighted by Gasteiger charge is 2.43. The molecule has 10 heteroatoms. The second-order valence-corrected chi connectivity index (χ2v) is 11.9. The number of allylic oxidation sites excluding steroid dienone is 2. The number of piperazine rings is 1. The normalized spacial score (nSPS) is 29.5. The molecule has 4 aliphatic rings. The van der Waals surface area contributed by atoms with Crippen LogP contribution in [0.25, 0.3) is 0 Å². The fourth-order valence-electron chi connectivity index (χ4n) is 5.60. The first kappa shape index (κ1) is 24.5. The summed E-state index contributed by atoms with van der Waals surface area (Å²) in [6, 6.07) is 0.723. The van der Waals surface area contributed by atoms with E-state index in [1.807, 2.05) is 4.90 Å². The Morgan fingerprint density at radius 3 is 2.59 bits per heavy atom. The molecule has 3 heterocycles. The molecule has 0 bridgehead atoms. The standard InChI is InChI=1S/C24H32ClF3N4OS/c1-15-11-19(25)17(12-18(15)24(26,27)28)23-29-20-5-6-30(13-21(20)34-23)14-22(33)32-9-7-31(8-10-32)16-3-2-4-16/h12,15-17,19H,2-11,13-14H2,1H3. The van der Waals surface area contributed by atoms with Gasteiger partial charge in [-0.25, -0.2) is 4.98 Å². The van der Waals surface area contributed by atoms with Crippen LogP contribution in [0.5, 0.6) is 0 Å². The highest BCUT2D eigenvalue weighted by atomic mass is 35.5. The molecule has 1 aromatic heterocycles. The number of fused-ring (bicyclic) bond motifs is 1. The molecule has 1 amide bonds. The van der Waals surface area contributed by atoms with Crippen molar-refractivity contribution in [2.75, 3.05) is 39.3 Å². The summed E-state index contributed by atoms with van der Waals surface area (Å²) in [6.45, 7) is 6.84. The molecule has 2 aliphatic heterocycles. The molecular formula is C24H32ClF3N4OS. The van der Waals surface area contributed by atoms with Crippen molar-refractivity contribution in [2.45, 2.75) is 69.1 Å². The van der Waals surface area contributed by atoms with Crippen molar-refractivity contribution in [3.63, 3.8) is 0 Å². The number of aromatic nitrogens is 1. The van der Waals surface area contributed by atoms with Gasteiger partial charge >= 0.3 is 6.18 Å². The third-order valence-corrected chi connectivity index (χ3v) is 9.55. The van der Waals surface area contributed by atoms with Gasteiger partial charge in [0.25, 0.3) is 0 Å². The van der Waals surface area contributed by atoms with Gasteiger partial charge in [-0.05, 0) is 25.2 Å². The van der Waals surface area contributed by atoms with E-state index < -0.39 is 29.0 Å². The molecule has 0 spiro atoms. The summed E-state index contributed by atoms with van der Waals surface area (Å²) in [6.07, 6.45) is 1.85. The summed E-state index contributed by atoms with van der Waals surface area (Å²) in [4.78, 5) is 25.3. The van der Waals surface area contributed by atoms with E-state index in [4.69, 9.17) is 16.6 Å². The maximum Gasteiger partial charge on any atom is 0.412 e. The number of nitrogens with zero attached hydrogens (tertiary/aromatic N) is 4. The van der Waals surface area contributed by atoms with Gasteiger partial charge < -0.3 is 4.90 Å². The van der Waals surface area contributed by atoms with Crippen LogP contribution in [0.15, 0.2) is 11.6 Å². The number of rotatable bonds is 4. The number of carbonyl (C=O) groups is 1.